The molecule has 186 valence electrons. The number of hydrogen-bond acceptors (Lipinski definition) is 5. The van der Waals surface area contributed by atoms with Crippen molar-refractivity contribution in [3.8, 4) is 0 Å². The molecule has 0 fully saturated rings. The number of pyridine rings is 1. The zero-order valence-electron chi connectivity index (χ0n) is 18.8. The zero-order chi connectivity index (χ0) is 25.8. The summed E-state index contributed by atoms with van der Waals surface area (Å²) in [5, 5.41) is 0. The maximum absolute atomic E-state index is 13.2. The van der Waals surface area contributed by atoms with Crippen LogP contribution in [0.2, 0.25) is 0 Å². The Hall–Kier alpha value is -4.09. The molecule has 0 bridgehead atoms. The van der Waals surface area contributed by atoms with Crippen LogP contribution in [-0.4, -0.2) is 26.6 Å². The van der Waals surface area contributed by atoms with Crippen LogP contribution in [0.25, 0.3) is 0 Å². The number of unbranched alkanes of at least 4 members (excludes halogenated alkanes) is 1. The van der Waals surface area contributed by atoms with Crippen molar-refractivity contribution in [2.24, 2.45) is 0 Å². The van der Waals surface area contributed by atoms with E-state index in [1.54, 1.807) is 30.3 Å². The summed E-state index contributed by atoms with van der Waals surface area (Å²) >= 11 is 0. The fourth-order valence-electron chi connectivity index (χ4n) is 3.55. The van der Waals surface area contributed by atoms with E-state index in [0.717, 1.165) is 21.7 Å². The van der Waals surface area contributed by atoms with Gasteiger partial charge in [0.2, 0.25) is 5.91 Å². The van der Waals surface area contributed by atoms with E-state index in [0.29, 0.717) is 29.0 Å². The second kappa shape index (κ2) is 10.5. The molecule has 3 rings (SSSR count). The summed E-state index contributed by atoms with van der Waals surface area (Å²) in [4.78, 5) is 53.8. The van der Waals surface area contributed by atoms with E-state index in [-0.39, 0.29) is 24.6 Å². The number of alkyl halides is 3. The van der Waals surface area contributed by atoms with Gasteiger partial charge in [-0.05, 0) is 24.1 Å². The molecule has 0 radical (unpaired) electrons. The van der Waals surface area contributed by atoms with E-state index in [1.165, 1.54) is 0 Å². The van der Waals surface area contributed by atoms with E-state index in [4.69, 9.17) is 5.73 Å². The zero-order valence-corrected chi connectivity index (χ0v) is 18.8. The number of rotatable bonds is 8. The van der Waals surface area contributed by atoms with Crippen LogP contribution in [0, 0.1) is 0 Å². The van der Waals surface area contributed by atoms with E-state index >= 15 is 0 Å². The number of nitrogens with zero attached hydrogens (tertiary/aromatic N) is 3. The summed E-state index contributed by atoms with van der Waals surface area (Å²) < 4.78 is 41.1. The molecule has 0 aliphatic rings. The number of aromatic amines is 1. The standard InChI is InChI=1S/C23H24F3N5O4/c1-2-3-12-30(17(32)14-29-11-7-10-16(21(29)34)23(24,25)26)18-19(27)31(22(35)28-20(18)33)13-15-8-5-4-6-9-15/h4-11H,2-3,12-14,27H2,1H3,(H,28,33,35). The lowest BCUT2D eigenvalue weighted by Crippen LogP contribution is -2.44. The Morgan fingerprint density at radius 2 is 1.77 bits per heavy atom. The van der Waals surface area contributed by atoms with Crippen LogP contribution in [0.1, 0.15) is 30.9 Å². The number of anilines is 2. The van der Waals surface area contributed by atoms with Gasteiger partial charge < -0.3 is 15.2 Å². The Morgan fingerprint density at radius 3 is 2.40 bits per heavy atom. The lowest BCUT2D eigenvalue weighted by Gasteiger charge is -2.25. The highest BCUT2D eigenvalue weighted by Crippen LogP contribution is 2.26. The Bertz CT molecular complexity index is 1380. The molecule has 0 aliphatic carbocycles. The molecule has 0 aliphatic heterocycles. The number of aromatic nitrogens is 3. The highest BCUT2D eigenvalue weighted by Gasteiger charge is 2.34. The van der Waals surface area contributed by atoms with Crippen LogP contribution in [0.3, 0.4) is 0 Å². The first-order valence-electron chi connectivity index (χ1n) is 10.8. The number of nitrogens with one attached hydrogen (secondary N) is 1. The molecule has 1 amide bonds. The number of hydrogen-bond donors (Lipinski definition) is 2. The van der Waals surface area contributed by atoms with Crippen molar-refractivity contribution in [1.29, 1.82) is 0 Å². The van der Waals surface area contributed by atoms with Crippen molar-refractivity contribution in [3.05, 3.63) is 91.0 Å². The third-order valence-corrected chi connectivity index (χ3v) is 5.34. The summed E-state index contributed by atoms with van der Waals surface area (Å²) in [6, 6.07) is 10.4. The molecule has 12 heteroatoms. The van der Waals surface area contributed by atoms with Crippen LogP contribution < -0.4 is 27.4 Å². The number of amides is 1. The van der Waals surface area contributed by atoms with Crippen LogP contribution in [-0.2, 0) is 24.1 Å². The number of carbonyl (C=O) groups is 1. The summed E-state index contributed by atoms with van der Waals surface area (Å²) in [7, 11) is 0. The second-order valence-corrected chi connectivity index (χ2v) is 7.82. The Balaban J connectivity index is 2.05. The molecule has 2 aromatic heterocycles. The summed E-state index contributed by atoms with van der Waals surface area (Å²) in [5.74, 6) is -1.11. The largest absolute Gasteiger partial charge is 0.421 e. The van der Waals surface area contributed by atoms with E-state index in [9.17, 15) is 32.3 Å². The predicted octanol–water partition coefficient (Wildman–Crippen LogP) is 2.18. The Morgan fingerprint density at radius 1 is 1.09 bits per heavy atom. The topological polar surface area (TPSA) is 123 Å². The van der Waals surface area contributed by atoms with Gasteiger partial charge in [0.1, 0.15) is 17.9 Å². The van der Waals surface area contributed by atoms with Crippen molar-refractivity contribution in [3.63, 3.8) is 0 Å². The minimum absolute atomic E-state index is 0.000133. The third kappa shape index (κ3) is 5.70. The molecule has 0 spiro atoms. The third-order valence-electron chi connectivity index (χ3n) is 5.34. The van der Waals surface area contributed by atoms with Crippen molar-refractivity contribution >= 4 is 17.4 Å². The number of nitrogens with two attached hydrogens (primary N) is 1. The van der Waals surface area contributed by atoms with Gasteiger partial charge in [-0.2, -0.15) is 13.2 Å². The second-order valence-electron chi connectivity index (χ2n) is 7.82. The molecule has 0 atom stereocenters. The molecule has 9 nitrogen and oxygen atoms in total. The molecule has 0 saturated carbocycles. The number of H-pyrrole nitrogens is 1. The quantitative estimate of drug-likeness (QED) is 0.500. The first-order valence-corrected chi connectivity index (χ1v) is 10.8. The molecule has 35 heavy (non-hydrogen) atoms. The average Bonchev–Trinajstić information content (AvgIpc) is 2.80. The van der Waals surface area contributed by atoms with Crippen molar-refractivity contribution in [2.45, 2.75) is 39.0 Å². The highest BCUT2D eigenvalue weighted by atomic mass is 19.4. The van der Waals surface area contributed by atoms with Gasteiger partial charge in [0.15, 0.2) is 5.69 Å². The fraction of sp³-hybridized carbons (Fsp3) is 0.304. The molecule has 3 aromatic rings. The molecular weight excluding hydrogens is 467 g/mol. The molecule has 2 heterocycles. The predicted molar refractivity (Wildman–Crippen MR) is 124 cm³/mol. The van der Waals surface area contributed by atoms with Crippen LogP contribution in [0.15, 0.2) is 63.0 Å². The number of benzene rings is 1. The fourth-order valence-corrected chi connectivity index (χ4v) is 3.55. The lowest BCUT2D eigenvalue weighted by atomic mass is 10.2. The summed E-state index contributed by atoms with van der Waals surface area (Å²) in [6.07, 6.45) is -2.79. The molecular formula is C23H24F3N5O4. The van der Waals surface area contributed by atoms with Gasteiger partial charge in [-0.1, -0.05) is 43.7 Å². The van der Waals surface area contributed by atoms with Gasteiger partial charge in [0.25, 0.3) is 11.1 Å². The van der Waals surface area contributed by atoms with E-state index in [2.05, 4.69) is 4.98 Å². The molecule has 1 aromatic carbocycles. The first-order chi connectivity index (χ1) is 16.5. The Kier molecular flexibility index (Phi) is 7.62. The summed E-state index contributed by atoms with van der Waals surface area (Å²) in [5.41, 5.74) is 2.08. The number of carbonyl (C=O) groups excluding carboxylic acids is 1. The van der Waals surface area contributed by atoms with Crippen molar-refractivity contribution in [1.82, 2.24) is 14.1 Å². The van der Waals surface area contributed by atoms with Crippen molar-refractivity contribution in [2.75, 3.05) is 17.2 Å². The normalized spacial score (nSPS) is 11.4. The van der Waals surface area contributed by atoms with Crippen LogP contribution in [0.4, 0.5) is 24.7 Å². The van der Waals surface area contributed by atoms with Crippen molar-refractivity contribution < 1.29 is 18.0 Å². The van der Waals surface area contributed by atoms with Gasteiger partial charge in [-0.25, -0.2) is 4.79 Å². The smallest absolute Gasteiger partial charge is 0.383 e. The average molecular weight is 491 g/mol. The van der Waals surface area contributed by atoms with Gasteiger partial charge in [0.05, 0.1) is 6.54 Å². The van der Waals surface area contributed by atoms with E-state index in [1.807, 2.05) is 6.92 Å². The highest BCUT2D eigenvalue weighted by molar-refractivity contribution is 5.95. The lowest BCUT2D eigenvalue weighted by molar-refractivity contribution is -0.139. The van der Waals surface area contributed by atoms with E-state index < -0.39 is 41.0 Å². The number of nitrogen functional groups attached to an aromatic ring is 1. The van der Waals surface area contributed by atoms with Crippen LogP contribution in [0.5, 0.6) is 0 Å². The van der Waals surface area contributed by atoms with Gasteiger partial charge in [-0.3, -0.25) is 23.9 Å². The molecule has 3 N–H and O–H groups in total. The number of halogens is 3. The minimum atomic E-state index is -4.89. The maximum Gasteiger partial charge on any atom is 0.421 e. The SMILES string of the molecule is CCCCN(C(=O)Cn1cccc(C(F)(F)F)c1=O)c1c(N)n(Cc2ccccc2)c(=O)[nH]c1=O. The monoisotopic (exact) mass is 491 g/mol. The minimum Gasteiger partial charge on any atom is -0.383 e. The van der Waals surface area contributed by atoms with Crippen LogP contribution >= 0.6 is 0 Å². The van der Waals surface area contributed by atoms with Gasteiger partial charge in [0, 0.05) is 12.7 Å². The summed E-state index contributed by atoms with van der Waals surface area (Å²) in [6.45, 7) is 1.09. The maximum atomic E-state index is 13.2. The molecule has 0 saturated heterocycles. The molecule has 0 unspecified atom stereocenters. The first kappa shape index (κ1) is 25.5. The Labute approximate surface area is 197 Å². The van der Waals surface area contributed by atoms with Gasteiger partial charge >= 0.3 is 11.9 Å². The van der Waals surface area contributed by atoms with Gasteiger partial charge in [-0.15, -0.1) is 0 Å².